The van der Waals surface area contributed by atoms with Gasteiger partial charge in [0.05, 0.1) is 5.71 Å². The standard InChI is InChI=1S/C46H36N4O/c47-30-51-45(48)35-20-16-33(17-21-35)39-23-25-40-26-38(22-24-41(40)27-39)32-14-18-34(19-15-32)43-29-44(50-46(49-43)36-10-5-2-6-11-36)42-13-7-12-37(28-42)31-8-3-1-4-9-31/h1-29,46,48-49H,30,47H2. The van der Waals surface area contributed by atoms with E-state index in [2.05, 4.69) is 145 Å². The van der Waals surface area contributed by atoms with Crippen LogP contribution < -0.4 is 11.1 Å². The molecule has 5 nitrogen and oxygen atoms in total. The molecular weight excluding hydrogens is 625 g/mol. The fraction of sp³-hybridized carbons (Fsp3) is 0.0435. The monoisotopic (exact) mass is 660 g/mol. The molecule has 0 saturated heterocycles. The summed E-state index contributed by atoms with van der Waals surface area (Å²) in [6.45, 7) is -0.0106. The predicted molar refractivity (Wildman–Crippen MR) is 210 cm³/mol. The summed E-state index contributed by atoms with van der Waals surface area (Å²) < 4.78 is 5.12. The van der Waals surface area contributed by atoms with Gasteiger partial charge in [-0.2, -0.15) is 0 Å². The Morgan fingerprint density at radius 1 is 0.549 bits per heavy atom. The number of benzene rings is 7. The van der Waals surface area contributed by atoms with Crippen LogP contribution in [0.25, 0.3) is 49.9 Å². The van der Waals surface area contributed by atoms with Gasteiger partial charge in [-0.25, -0.2) is 0 Å². The number of nitrogens with zero attached hydrogens (tertiary/aromatic N) is 1. The maximum absolute atomic E-state index is 7.97. The molecule has 0 amide bonds. The number of rotatable bonds is 8. The molecule has 0 bridgehead atoms. The molecule has 51 heavy (non-hydrogen) atoms. The Hall–Kier alpha value is -6.56. The Balaban J connectivity index is 1.06. The van der Waals surface area contributed by atoms with Gasteiger partial charge in [0.25, 0.3) is 0 Å². The third kappa shape index (κ3) is 6.84. The molecule has 0 aromatic heterocycles. The lowest BCUT2D eigenvalue weighted by Crippen LogP contribution is -2.24. The van der Waals surface area contributed by atoms with Crippen LogP contribution in [0.15, 0.2) is 181 Å². The number of nitrogens with one attached hydrogen (secondary N) is 2. The zero-order valence-electron chi connectivity index (χ0n) is 28.0. The lowest BCUT2D eigenvalue weighted by atomic mass is 9.96. The number of aliphatic imine (C=N–C) groups is 1. The molecule has 1 aliphatic rings. The van der Waals surface area contributed by atoms with Gasteiger partial charge in [-0.1, -0.05) is 140 Å². The first-order chi connectivity index (χ1) is 25.1. The van der Waals surface area contributed by atoms with Crippen LogP contribution in [0.4, 0.5) is 0 Å². The van der Waals surface area contributed by atoms with Crippen molar-refractivity contribution in [1.29, 1.82) is 5.41 Å². The molecule has 5 heteroatoms. The van der Waals surface area contributed by atoms with E-state index in [4.69, 9.17) is 20.9 Å². The number of hydrogen-bond acceptors (Lipinski definition) is 5. The number of allylic oxidation sites excluding steroid dienone is 1. The van der Waals surface area contributed by atoms with Gasteiger partial charge in [0.2, 0.25) is 5.90 Å². The SMILES string of the molecule is N=C(OCN)c1ccc(-c2ccc3cc(-c4ccc(C5=CC(c6cccc(-c7ccccc7)c6)=NC(c6ccccc6)N5)cc4)ccc3c2)cc1. The topological polar surface area (TPSA) is 83.5 Å². The smallest absolute Gasteiger partial charge is 0.214 e. The van der Waals surface area contributed by atoms with Crippen LogP contribution in [-0.2, 0) is 4.74 Å². The second kappa shape index (κ2) is 14.1. The molecule has 1 aliphatic heterocycles. The first-order valence-electron chi connectivity index (χ1n) is 17.0. The summed E-state index contributed by atoms with van der Waals surface area (Å²) in [5.41, 5.74) is 18.3. The average Bonchev–Trinajstić information content (AvgIpc) is 3.21. The summed E-state index contributed by atoms with van der Waals surface area (Å²) in [7, 11) is 0. The molecule has 4 N–H and O–H groups in total. The van der Waals surface area contributed by atoms with Gasteiger partial charge in [0.1, 0.15) is 12.9 Å². The molecule has 8 rings (SSSR count). The fourth-order valence-corrected chi connectivity index (χ4v) is 6.57. The summed E-state index contributed by atoms with van der Waals surface area (Å²) >= 11 is 0. The van der Waals surface area contributed by atoms with Crippen LogP contribution in [0.2, 0.25) is 0 Å². The van der Waals surface area contributed by atoms with Crippen LogP contribution >= 0.6 is 0 Å². The molecule has 1 unspecified atom stereocenters. The Kier molecular flexibility index (Phi) is 8.77. The van der Waals surface area contributed by atoms with Crippen molar-refractivity contribution in [2.75, 3.05) is 6.73 Å². The van der Waals surface area contributed by atoms with Crippen molar-refractivity contribution in [2.24, 2.45) is 10.7 Å². The first kappa shape index (κ1) is 31.7. The van der Waals surface area contributed by atoms with E-state index in [9.17, 15) is 0 Å². The van der Waals surface area contributed by atoms with Crippen LogP contribution in [0.3, 0.4) is 0 Å². The van der Waals surface area contributed by atoms with Crippen molar-refractivity contribution in [2.45, 2.75) is 6.17 Å². The largest absolute Gasteiger partial charge is 0.462 e. The van der Waals surface area contributed by atoms with E-state index in [1.165, 1.54) is 21.9 Å². The van der Waals surface area contributed by atoms with E-state index >= 15 is 0 Å². The second-order valence-electron chi connectivity index (χ2n) is 12.5. The van der Waals surface area contributed by atoms with Gasteiger partial charge >= 0.3 is 0 Å². The zero-order chi connectivity index (χ0) is 34.6. The average molecular weight is 661 g/mol. The molecule has 0 radical (unpaired) electrons. The molecule has 7 aromatic rings. The normalized spacial score (nSPS) is 13.9. The van der Waals surface area contributed by atoms with Crippen molar-refractivity contribution in [1.82, 2.24) is 5.32 Å². The summed E-state index contributed by atoms with van der Waals surface area (Å²) in [5, 5.41) is 14.0. The highest BCUT2D eigenvalue weighted by molar-refractivity contribution is 6.13. The Morgan fingerprint density at radius 2 is 1.06 bits per heavy atom. The van der Waals surface area contributed by atoms with Crippen LogP contribution in [0, 0.1) is 5.41 Å². The molecule has 1 atom stereocenters. The number of hydrogen-bond donors (Lipinski definition) is 3. The van der Waals surface area contributed by atoms with Gasteiger partial charge in [-0.05, 0) is 91.7 Å². The maximum Gasteiger partial charge on any atom is 0.214 e. The maximum atomic E-state index is 7.97. The predicted octanol–water partition coefficient (Wildman–Crippen LogP) is 10.2. The highest BCUT2D eigenvalue weighted by Crippen LogP contribution is 2.32. The van der Waals surface area contributed by atoms with Crippen molar-refractivity contribution in [3.63, 3.8) is 0 Å². The Bertz CT molecular complexity index is 2400. The summed E-state index contributed by atoms with van der Waals surface area (Å²) in [5.74, 6) is 0.0784. The third-order valence-electron chi connectivity index (χ3n) is 9.30. The van der Waals surface area contributed by atoms with Crippen LogP contribution in [0.1, 0.15) is 28.4 Å². The molecule has 0 aliphatic carbocycles. The van der Waals surface area contributed by atoms with E-state index in [0.29, 0.717) is 5.56 Å². The van der Waals surface area contributed by atoms with E-state index in [1.54, 1.807) is 0 Å². The summed E-state index contributed by atoms with van der Waals surface area (Å²) in [6.07, 6.45) is 1.96. The van der Waals surface area contributed by atoms with Gasteiger partial charge < -0.3 is 10.1 Å². The highest BCUT2D eigenvalue weighted by Gasteiger charge is 2.20. The molecule has 0 spiro atoms. The zero-order valence-corrected chi connectivity index (χ0v) is 28.0. The van der Waals surface area contributed by atoms with E-state index in [-0.39, 0.29) is 18.8 Å². The number of fused-ring (bicyclic) bond motifs is 1. The van der Waals surface area contributed by atoms with E-state index in [0.717, 1.165) is 50.4 Å². The van der Waals surface area contributed by atoms with Gasteiger partial charge in [0, 0.05) is 16.8 Å². The minimum Gasteiger partial charge on any atom is -0.462 e. The lowest BCUT2D eigenvalue weighted by Gasteiger charge is -2.25. The van der Waals surface area contributed by atoms with Gasteiger partial charge in [-0.3, -0.25) is 16.1 Å². The van der Waals surface area contributed by atoms with Gasteiger partial charge in [-0.15, -0.1) is 0 Å². The van der Waals surface area contributed by atoms with Crippen molar-refractivity contribution >= 4 is 28.1 Å². The first-order valence-corrected chi connectivity index (χ1v) is 17.0. The third-order valence-corrected chi connectivity index (χ3v) is 9.30. The van der Waals surface area contributed by atoms with Crippen LogP contribution in [-0.4, -0.2) is 18.3 Å². The summed E-state index contributed by atoms with van der Waals surface area (Å²) in [6, 6.07) is 59.2. The molecular formula is C46H36N4O. The molecule has 7 aromatic carbocycles. The fourth-order valence-electron chi connectivity index (χ4n) is 6.57. The number of nitrogens with two attached hydrogens (primary N) is 1. The van der Waals surface area contributed by atoms with Crippen molar-refractivity contribution in [3.8, 4) is 33.4 Å². The second-order valence-corrected chi connectivity index (χ2v) is 12.5. The molecule has 0 fully saturated rings. The quantitative estimate of drug-likeness (QED) is 0.0862. The molecule has 1 heterocycles. The van der Waals surface area contributed by atoms with Crippen molar-refractivity contribution < 1.29 is 4.74 Å². The van der Waals surface area contributed by atoms with E-state index < -0.39 is 0 Å². The van der Waals surface area contributed by atoms with Gasteiger partial charge in [0.15, 0.2) is 0 Å². The molecule has 0 saturated carbocycles. The lowest BCUT2D eigenvalue weighted by molar-refractivity contribution is 0.315. The van der Waals surface area contributed by atoms with E-state index in [1.807, 2.05) is 36.4 Å². The van der Waals surface area contributed by atoms with Crippen LogP contribution in [0.5, 0.6) is 0 Å². The van der Waals surface area contributed by atoms with Crippen molar-refractivity contribution in [3.05, 3.63) is 198 Å². The summed E-state index contributed by atoms with van der Waals surface area (Å²) in [4.78, 5) is 5.18. The Morgan fingerprint density at radius 3 is 1.71 bits per heavy atom. The molecule has 246 valence electrons. The minimum absolute atomic E-state index is 0.0106. The minimum atomic E-state index is -0.205. The highest BCUT2D eigenvalue weighted by atomic mass is 16.5. The Labute approximate surface area is 297 Å². The number of ether oxygens (including phenoxy) is 1.